The van der Waals surface area contributed by atoms with E-state index >= 15 is 0 Å². The number of hydrogen-bond acceptors (Lipinski definition) is 4. The van der Waals surface area contributed by atoms with Gasteiger partial charge in [-0.25, -0.2) is 4.68 Å². The summed E-state index contributed by atoms with van der Waals surface area (Å²) >= 11 is 0. The van der Waals surface area contributed by atoms with Crippen molar-refractivity contribution in [1.29, 1.82) is 0 Å². The van der Waals surface area contributed by atoms with Crippen LogP contribution in [0.1, 0.15) is 39.5 Å². The van der Waals surface area contributed by atoms with E-state index in [1.54, 1.807) is 4.68 Å². The van der Waals surface area contributed by atoms with E-state index in [0.29, 0.717) is 35.9 Å². The van der Waals surface area contributed by atoms with E-state index in [9.17, 15) is 18.0 Å². The molecule has 1 amide bonds. The molecule has 2 N–H and O–H groups in total. The van der Waals surface area contributed by atoms with Gasteiger partial charge in [-0.1, -0.05) is 0 Å². The molecule has 9 heteroatoms. The first-order chi connectivity index (χ1) is 12.3. The Labute approximate surface area is 146 Å². The van der Waals surface area contributed by atoms with E-state index < -0.39 is 17.6 Å². The Morgan fingerprint density at radius 2 is 2.12 bits per heavy atom. The summed E-state index contributed by atoms with van der Waals surface area (Å²) in [6.45, 7) is 1.29. The molecule has 4 rings (SSSR count). The van der Waals surface area contributed by atoms with Crippen LogP contribution in [0.15, 0.2) is 18.2 Å². The van der Waals surface area contributed by atoms with Crippen LogP contribution in [0, 0.1) is 0 Å². The summed E-state index contributed by atoms with van der Waals surface area (Å²) in [7, 11) is 0. The second kappa shape index (κ2) is 5.93. The number of ether oxygens (including phenoxy) is 2. The molecule has 0 bridgehead atoms. The van der Waals surface area contributed by atoms with Crippen LogP contribution in [0.3, 0.4) is 0 Å². The minimum Gasteiger partial charge on any atom is -0.493 e. The predicted octanol–water partition coefficient (Wildman–Crippen LogP) is 2.50. The number of alkyl halides is 3. The van der Waals surface area contributed by atoms with Gasteiger partial charge in [-0.05, 0) is 30.2 Å². The third-order valence-corrected chi connectivity index (χ3v) is 4.63. The summed E-state index contributed by atoms with van der Waals surface area (Å²) < 4.78 is 51.9. The van der Waals surface area contributed by atoms with Crippen LogP contribution >= 0.6 is 0 Å². The van der Waals surface area contributed by atoms with Crippen molar-refractivity contribution < 1.29 is 27.4 Å². The van der Waals surface area contributed by atoms with Crippen LogP contribution in [0.2, 0.25) is 0 Å². The van der Waals surface area contributed by atoms with Crippen molar-refractivity contribution in [3.05, 3.63) is 40.6 Å². The molecule has 6 nitrogen and oxygen atoms in total. The van der Waals surface area contributed by atoms with Gasteiger partial charge in [-0.2, -0.15) is 18.3 Å². The van der Waals surface area contributed by atoms with Gasteiger partial charge in [-0.3, -0.25) is 4.79 Å². The van der Waals surface area contributed by atoms with Crippen LogP contribution in [0.5, 0.6) is 11.6 Å². The maximum atomic E-state index is 13.0. The van der Waals surface area contributed by atoms with E-state index in [1.807, 2.05) is 0 Å². The monoisotopic (exact) mass is 367 g/mol. The van der Waals surface area contributed by atoms with E-state index in [-0.39, 0.29) is 24.6 Å². The lowest BCUT2D eigenvalue weighted by Gasteiger charge is -2.27. The number of hydrogen-bond donors (Lipinski definition) is 1. The average molecular weight is 367 g/mol. The predicted molar refractivity (Wildman–Crippen MR) is 84.2 cm³/mol. The highest BCUT2D eigenvalue weighted by molar-refractivity contribution is 5.93. The molecule has 0 fully saturated rings. The number of benzene rings is 1. The highest BCUT2D eigenvalue weighted by Gasteiger charge is 2.36. The summed E-state index contributed by atoms with van der Waals surface area (Å²) in [5.74, 6) is -0.193. The van der Waals surface area contributed by atoms with Crippen LogP contribution in [-0.4, -0.2) is 28.9 Å². The summed E-state index contributed by atoms with van der Waals surface area (Å²) in [6, 6.07) is 3.41. The maximum Gasteiger partial charge on any atom is 0.416 e. The maximum absolute atomic E-state index is 13.0. The van der Waals surface area contributed by atoms with Crippen molar-refractivity contribution in [2.45, 2.75) is 31.5 Å². The number of nitrogens with two attached hydrogens (primary N) is 1. The second-order valence-electron chi connectivity index (χ2n) is 6.39. The third-order valence-electron chi connectivity index (χ3n) is 4.63. The molecular weight excluding hydrogens is 351 g/mol. The molecule has 1 atom stereocenters. The lowest BCUT2D eigenvalue weighted by molar-refractivity contribution is -0.137. The summed E-state index contributed by atoms with van der Waals surface area (Å²) in [4.78, 5) is 11.8. The smallest absolute Gasteiger partial charge is 0.416 e. The van der Waals surface area contributed by atoms with Gasteiger partial charge in [0, 0.05) is 18.9 Å². The van der Waals surface area contributed by atoms with Crippen LogP contribution in [0.25, 0.3) is 0 Å². The zero-order valence-electron chi connectivity index (χ0n) is 13.7. The molecule has 1 aromatic heterocycles. The van der Waals surface area contributed by atoms with Gasteiger partial charge >= 0.3 is 6.18 Å². The molecule has 138 valence electrons. The Morgan fingerprint density at radius 1 is 1.31 bits per heavy atom. The van der Waals surface area contributed by atoms with Gasteiger partial charge in [0.1, 0.15) is 5.75 Å². The van der Waals surface area contributed by atoms with Gasteiger partial charge in [-0.15, -0.1) is 0 Å². The van der Waals surface area contributed by atoms with Gasteiger partial charge in [0.25, 0.3) is 5.91 Å². The van der Waals surface area contributed by atoms with Gasteiger partial charge in [0.05, 0.1) is 24.3 Å². The highest BCUT2D eigenvalue weighted by Crippen LogP contribution is 2.41. The van der Waals surface area contributed by atoms with E-state index in [1.165, 1.54) is 6.07 Å². The van der Waals surface area contributed by atoms with Crippen molar-refractivity contribution in [3.63, 3.8) is 0 Å². The third kappa shape index (κ3) is 2.77. The Balaban J connectivity index is 1.73. The number of aryl methyl sites for hydroxylation is 1. The molecule has 2 aliphatic rings. The fourth-order valence-corrected chi connectivity index (χ4v) is 3.45. The second-order valence-corrected chi connectivity index (χ2v) is 6.39. The minimum absolute atomic E-state index is 0.0888. The van der Waals surface area contributed by atoms with Crippen LogP contribution in [-0.2, 0) is 19.1 Å². The van der Waals surface area contributed by atoms with E-state index in [0.717, 1.165) is 18.6 Å². The molecule has 0 radical (unpaired) electrons. The molecule has 0 spiro atoms. The molecule has 26 heavy (non-hydrogen) atoms. The Kier molecular flexibility index (Phi) is 3.82. The molecule has 3 heterocycles. The summed E-state index contributed by atoms with van der Waals surface area (Å²) in [5, 5.41) is 4.22. The fourth-order valence-electron chi connectivity index (χ4n) is 3.45. The van der Waals surface area contributed by atoms with Crippen molar-refractivity contribution in [3.8, 4) is 11.6 Å². The summed E-state index contributed by atoms with van der Waals surface area (Å²) in [6.07, 6.45) is -3.40. The number of nitrogens with zero attached hydrogens (tertiary/aromatic N) is 2. The molecule has 0 unspecified atom stereocenters. The number of carbonyl (C=O) groups is 1. The molecule has 1 aromatic carbocycles. The first-order valence-corrected chi connectivity index (χ1v) is 8.21. The number of halogens is 3. The van der Waals surface area contributed by atoms with Crippen LogP contribution in [0.4, 0.5) is 13.2 Å². The number of amides is 1. The highest BCUT2D eigenvalue weighted by atomic mass is 19.4. The lowest BCUT2D eigenvalue weighted by Crippen LogP contribution is -2.24. The van der Waals surface area contributed by atoms with Crippen LogP contribution < -0.4 is 15.2 Å². The van der Waals surface area contributed by atoms with Crippen molar-refractivity contribution in [2.24, 2.45) is 5.73 Å². The summed E-state index contributed by atoms with van der Waals surface area (Å²) in [5.41, 5.74) is 5.75. The topological polar surface area (TPSA) is 79.4 Å². The molecule has 0 aliphatic carbocycles. The molecule has 0 saturated carbocycles. The number of rotatable bonds is 2. The lowest BCUT2D eigenvalue weighted by atomic mass is 9.89. The zero-order chi connectivity index (χ0) is 18.5. The van der Waals surface area contributed by atoms with Crippen molar-refractivity contribution in [1.82, 2.24) is 9.78 Å². The number of aromatic nitrogens is 2. The van der Waals surface area contributed by atoms with Crippen molar-refractivity contribution in [2.75, 3.05) is 13.2 Å². The molecule has 2 aliphatic heterocycles. The van der Waals surface area contributed by atoms with Crippen molar-refractivity contribution >= 4 is 5.91 Å². The Morgan fingerprint density at radius 3 is 2.85 bits per heavy atom. The average Bonchev–Trinajstić information content (AvgIpc) is 3.00. The van der Waals surface area contributed by atoms with E-state index in [2.05, 4.69) is 5.10 Å². The minimum atomic E-state index is -4.43. The fraction of sp³-hybridized carbons (Fsp3) is 0.412. The molecule has 0 saturated heterocycles. The first-order valence-electron chi connectivity index (χ1n) is 8.21. The SMILES string of the molecule is NC(=O)c1nn2c(c1[C@@H]1COc3ccc(C(F)(F)F)cc3C1)OCCC2. The van der Waals surface area contributed by atoms with Gasteiger partial charge in [0.2, 0.25) is 5.88 Å². The number of carbonyl (C=O) groups excluding carboxylic acids is 1. The normalized spacial score (nSPS) is 19.1. The Bertz CT molecular complexity index is 876. The zero-order valence-corrected chi connectivity index (χ0v) is 13.7. The molecular formula is C17H16F3N3O3. The van der Waals surface area contributed by atoms with Gasteiger partial charge < -0.3 is 15.2 Å². The number of fused-ring (bicyclic) bond motifs is 2. The quantitative estimate of drug-likeness (QED) is 0.885. The standard InChI is InChI=1S/C17H16F3N3O3/c18-17(19,20)11-2-3-12-9(7-11)6-10(8-26-12)13-14(15(21)24)22-23-4-1-5-25-16(13)23/h2-3,7,10H,1,4-6,8H2,(H2,21,24)/t10-/m0/s1. The number of primary amides is 1. The van der Waals surface area contributed by atoms with Gasteiger partial charge in [0.15, 0.2) is 5.69 Å². The molecule has 2 aromatic rings. The largest absolute Gasteiger partial charge is 0.493 e. The van der Waals surface area contributed by atoms with E-state index in [4.69, 9.17) is 15.2 Å². The first kappa shape index (κ1) is 16.7. The Hall–Kier alpha value is -2.71.